The van der Waals surface area contributed by atoms with Crippen LogP contribution in [0.2, 0.25) is 0 Å². The second-order valence-corrected chi connectivity index (χ2v) is 1.25. The highest BCUT2D eigenvalue weighted by atomic mass is 35.5. The Bertz CT molecular complexity index is 28.7. The largest absolute Gasteiger partial charge is 0.127 e. The Kier molecular flexibility index (Phi) is 2.99. The maximum Gasteiger partial charge on any atom is 0.0435 e. The zero-order chi connectivity index (χ0) is 4.99. The third kappa shape index (κ3) is 4.29. The van der Waals surface area contributed by atoms with E-state index in [0.717, 1.165) is 12.8 Å². The van der Waals surface area contributed by atoms with Gasteiger partial charge < -0.3 is 0 Å². The van der Waals surface area contributed by atoms with E-state index in [1.165, 1.54) is 0 Å². The normalized spacial score (nSPS) is 17.6. The molecule has 0 aliphatic carbocycles. The molecule has 0 nitrogen and oxygen atoms in total. The topological polar surface area (TPSA) is 0 Å². The minimum atomic E-state index is -0.380. The van der Waals surface area contributed by atoms with E-state index in [2.05, 4.69) is 0 Å². The zero-order valence-electron chi connectivity index (χ0n) is 4.37. The second-order valence-electron chi connectivity index (χ2n) is 0.943. The van der Waals surface area contributed by atoms with Crippen molar-refractivity contribution in [2.75, 3.05) is 5.86 Å². The minimum absolute atomic E-state index is 0.380. The Hall–Kier alpha value is 0.290. The van der Waals surface area contributed by atoms with Gasteiger partial charge in [-0.05, 0) is 6.42 Å². The van der Waals surface area contributed by atoms with Gasteiger partial charge in [0.1, 0.15) is 0 Å². The fraction of sp³-hybridized carbons (Fsp3) is 1.00. The summed E-state index contributed by atoms with van der Waals surface area (Å²) in [5, 5.41) is 0. The van der Waals surface area contributed by atoms with Crippen molar-refractivity contribution in [1.82, 2.24) is 0 Å². The molecule has 0 fully saturated rings. The minimum Gasteiger partial charge on any atom is -0.127 e. The molecular formula is C4H9Cl. The van der Waals surface area contributed by atoms with Gasteiger partial charge in [0.15, 0.2) is 0 Å². The first kappa shape index (κ1) is 3.48. The molecule has 0 amide bonds. The van der Waals surface area contributed by atoms with E-state index in [1.807, 2.05) is 6.92 Å². The van der Waals surface area contributed by atoms with Gasteiger partial charge in [-0.3, -0.25) is 0 Å². The molecule has 0 rings (SSSR count). The van der Waals surface area contributed by atoms with E-state index >= 15 is 0 Å². The van der Waals surface area contributed by atoms with Crippen LogP contribution in [-0.2, 0) is 0 Å². The SMILES string of the molecule is [2H][C@H](Cl)CCC. The summed E-state index contributed by atoms with van der Waals surface area (Å²) in [4.78, 5) is 0. The van der Waals surface area contributed by atoms with Crippen LogP contribution in [0, 0.1) is 0 Å². The van der Waals surface area contributed by atoms with Gasteiger partial charge in [0.05, 0.1) is 0 Å². The van der Waals surface area contributed by atoms with Crippen molar-refractivity contribution in [3.05, 3.63) is 0 Å². The van der Waals surface area contributed by atoms with Crippen molar-refractivity contribution >= 4 is 11.6 Å². The predicted molar refractivity (Wildman–Crippen MR) is 25.6 cm³/mol. The van der Waals surface area contributed by atoms with Crippen LogP contribution < -0.4 is 0 Å². The van der Waals surface area contributed by atoms with Crippen molar-refractivity contribution < 1.29 is 1.37 Å². The lowest BCUT2D eigenvalue weighted by Gasteiger charge is -1.77. The molecule has 0 bridgehead atoms. The van der Waals surface area contributed by atoms with Crippen LogP contribution in [-0.4, -0.2) is 5.86 Å². The maximum atomic E-state index is 6.74. The number of rotatable bonds is 2. The lowest BCUT2D eigenvalue weighted by atomic mass is 10.4. The smallest absolute Gasteiger partial charge is 0.0435 e. The second kappa shape index (κ2) is 4.29. The van der Waals surface area contributed by atoms with Crippen LogP contribution in [0.15, 0.2) is 0 Å². The van der Waals surface area contributed by atoms with Gasteiger partial charge in [0, 0.05) is 7.23 Å². The molecule has 0 radical (unpaired) electrons. The van der Waals surface area contributed by atoms with E-state index in [1.54, 1.807) is 0 Å². The summed E-state index contributed by atoms with van der Waals surface area (Å²) >= 11 is 5.24. The van der Waals surface area contributed by atoms with Gasteiger partial charge in [-0.15, -0.1) is 11.6 Å². The average molecular weight is 93.6 g/mol. The number of hydrogen-bond acceptors (Lipinski definition) is 0. The summed E-state index contributed by atoms with van der Waals surface area (Å²) in [7, 11) is 0. The Morgan fingerprint density at radius 1 is 2.00 bits per heavy atom. The quantitative estimate of drug-likeness (QED) is 0.459. The van der Waals surface area contributed by atoms with Gasteiger partial charge in [0.25, 0.3) is 0 Å². The van der Waals surface area contributed by atoms with Crippen molar-refractivity contribution in [1.29, 1.82) is 0 Å². The van der Waals surface area contributed by atoms with Gasteiger partial charge in [-0.1, -0.05) is 13.3 Å². The molecular weight excluding hydrogens is 83.5 g/mol. The highest BCUT2D eigenvalue weighted by Gasteiger charge is 1.70. The fourth-order valence-electron chi connectivity index (χ4n) is 0.109. The molecule has 0 spiro atoms. The van der Waals surface area contributed by atoms with Gasteiger partial charge in [0.2, 0.25) is 0 Å². The number of halogens is 1. The first-order chi connectivity index (χ1) is 2.77. The molecule has 0 aliphatic heterocycles. The molecule has 1 atom stereocenters. The van der Waals surface area contributed by atoms with Crippen LogP contribution in [0.1, 0.15) is 21.1 Å². The van der Waals surface area contributed by atoms with Crippen molar-refractivity contribution in [3.8, 4) is 0 Å². The number of alkyl halides is 1. The van der Waals surface area contributed by atoms with Gasteiger partial charge in [-0.25, -0.2) is 0 Å². The van der Waals surface area contributed by atoms with Gasteiger partial charge in [-0.2, -0.15) is 0 Å². The Morgan fingerprint density at radius 3 is 2.60 bits per heavy atom. The van der Waals surface area contributed by atoms with E-state index in [0.29, 0.717) is 0 Å². The van der Waals surface area contributed by atoms with E-state index in [9.17, 15) is 0 Å². The molecule has 0 unspecified atom stereocenters. The summed E-state index contributed by atoms with van der Waals surface area (Å²) in [6, 6.07) is 0. The standard InChI is InChI=1S/C4H9Cl/c1-2-3-4-5/h2-4H2,1H3/i4D/t4-/m0/s1. The first-order valence-electron chi connectivity index (χ1n) is 2.41. The molecule has 0 saturated heterocycles. The molecule has 0 aromatic rings. The van der Waals surface area contributed by atoms with Crippen LogP contribution in [0.3, 0.4) is 0 Å². The molecule has 0 aliphatic rings. The van der Waals surface area contributed by atoms with Crippen LogP contribution >= 0.6 is 11.6 Å². The molecule has 0 aromatic heterocycles. The molecule has 0 aromatic carbocycles. The monoisotopic (exact) mass is 93.0 g/mol. The highest BCUT2D eigenvalue weighted by molar-refractivity contribution is 6.17. The summed E-state index contributed by atoms with van der Waals surface area (Å²) in [6.07, 6.45) is 1.82. The van der Waals surface area contributed by atoms with Crippen LogP contribution in [0.4, 0.5) is 0 Å². The predicted octanol–water partition coefficient (Wildman–Crippen LogP) is 2.03. The Balaban J connectivity index is 2.63. The summed E-state index contributed by atoms with van der Waals surface area (Å²) in [5.41, 5.74) is 0. The van der Waals surface area contributed by atoms with Gasteiger partial charge >= 0.3 is 0 Å². The average Bonchev–Trinajstić information content (AvgIpc) is 1.35. The summed E-state index contributed by atoms with van der Waals surface area (Å²) in [6.45, 7) is 2.02. The van der Waals surface area contributed by atoms with E-state index in [4.69, 9.17) is 13.0 Å². The van der Waals surface area contributed by atoms with E-state index < -0.39 is 0 Å². The molecule has 0 heterocycles. The summed E-state index contributed by atoms with van der Waals surface area (Å²) < 4.78 is 6.74. The highest BCUT2D eigenvalue weighted by Crippen LogP contribution is 1.86. The maximum absolute atomic E-state index is 6.74. The molecule has 0 saturated carbocycles. The van der Waals surface area contributed by atoms with E-state index in [-0.39, 0.29) is 5.86 Å². The Labute approximate surface area is 39.5 Å². The van der Waals surface area contributed by atoms with Crippen molar-refractivity contribution in [2.24, 2.45) is 0 Å². The lowest BCUT2D eigenvalue weighted by molar-refractivity contribution is 0.892. The lowest BCUT2D eigenvalue weighted by Crippen LogP contribution is -1.65. The fourth-order valence-corrected chi connectivity index (χ4v) is 0.327. The molecule has 32 valence electrons. The molecule has 0 N–H and O–H groups in total. The summed E-state index contributed by atoms with van der Waals surface area (Å²) in [5.74, 6) is -0.380. The van der Waals surface area contributed by atoms with Crippen LogP contribution in [0.5, 0.6) is 0 Å². The first-order valence-corrected chi connectivity index (χ1v) is 2.27. The molecule has 5 heavy (non-hydrogen) atoms. The zero-order valence-corrected chi connectivity index (χ0v) is 4.13. The molecule has 1 heteroatoms. The van der Waals surface area contributed by atoms with Crippen molar-refractivity contribution in [2.45, 2.75) is 19.8 Å². The van der Waals surface area contributed by atoms with Crippen molar-refractivity contribution in [3.63, 3.8) is 0 Å². The van der Waals surface area contributed by atoms with Crippen LogP contribution in [0.25, 0.3) is 0 Å². The third-order valence-electron chi connectivity index (χ3n) is 0.398. The third-order valence-corrected chi connectivity index (χ3v) is 0.616. The number of hydrogen-bond donors (Lipinski definition) is 0. The Morgan fingerprint density at radius 2 is 2.60 bits per heavy atom.